The highest BCUT2D eigenvalue weighted by molar-refractivity contribution is 6.07. The van der Waals surface area contributed by atoms with E-state index < -0.39 is 0 Å². The number of nitrogens with zero attached hydrogens (tertiary/aromatic N) is 4. The molecule has 1 saturated carbocycles. The van der Waals surface area contributed by atoms with E-state index in [2.05, 4.69) is 62.2 Å². The van der Waals surface area contributed by atoms with Gasteiger partial charge in [0.1, 0.15) is 0 Å². The van der Waals surface area contributed by atoms with E-state index >= 15 is 0 Å². The Hall–Kier alpha value is -2.34. The molecule has 1 aromatic rings. The number of benzene rings is 1. The van der Waals surface area contributed by atoms with Crippen LogP contribution in [0.4, 0.5) is 0 Å². The first-order chi connectivity index (χ1) is 16.7. The van der Waals surface area contributed by atoms with Crippen LogP contribution in [-0.4, -0.2) is 46.8 Å². The molecule has 2 aliphatic heterocycles. The van der Waals surface area contributed by atoms with E-state index in [0.717, 1.165) is 22.8 Å². The van der Waals surface area contributed by atoms with Crippen LogP contribution < -0.4 is 0 Å². The van der Waals surface area contributed by atoms with E-state index in [-0.39, 0.29) is 17.7 Å². The highest BCUT2D eigenvalue weighted by Gasteiger charge is 2.36. The molecule has 192 valence electrons. The fourth-order valence-corrected chi connectivity index (χ4v) is 5.25. The van der Waals surface area contributed by atoms with Gasteiger partial charge in [-0.25, -0.2) is 0 Å². The Bertz CT molecular complexity index is 932. The molecule has 0 aromatic heterocycles. The predicted molar refractivity (Wildman–Crippen MR) is 143 cm³/mol. The van der Waals surface area contributed by atoms with E-state index in [1.54, 1.807) is 0 Å². The maximum atomic E-state index is 12.2. The molecular weight excluding hydrogens is 436 g/mol. The van der Waals surface area contributed by atoms with Crippen LogP contribution in [0.15, 0.2) is 34.5 Å². The number of hydrogen-bond donors (Lipinski definition) is 0. The molecule has 1 aliphatic carbocycles. The van der Waals surface area contributed by atoms with Gasteiger partial charge in [-0.15, -0.1) is 0 Å². The molecule has 3 unspecified atom stereocenters. The van der Waals surface area contributed by atoms with E-state index in [9.17, 15) is 9.59 Å². The second-order valence-corrected chi connectivity index (χ2v) is 11.3. The Balaban J connectivity index is 0.000000795. The van der Waals surface area contributed by atoms with Crippen LogP contribution in [0.1, 0.15) is 90.7 Å². The lowest BCUT2D eigenvalue weighted by atomic mass is 9.74. The maximum absolute atomic E-state index is 12.2. The second kappa shape index (κ2) is 12.6. The first-order valence-electron chi connectivity index (χ1n) is 13.4. The Morgan fingerprint density at radius 2 is 1.57 bits per heavy atom. The van der Waals surface area contributed by atoms with E-state index in [0.29, 0.717) is 31.5 Å². The van der Waals surface area contributed by atoms with Crippen molar-refractivity contribution in [2.24, 2.45) is 33.9 Å². The molecule has 6 nitrogen and oxygen atoms in total. The summed E-state index contributed by atoms with van der Waals surface area (Å²) in [6, 6.07) is 8.58. The Morgan fingerprint density at radius 3 is 2.14 bits per heavy atom. The summed E-state index contributed by atoms with van der Waals surface area (Å²) < 4.78 is 0. The molecule has 2 fully saturated rings. The van der Waals surface area contributed by atoms with Crippen molar-refractivity contribution in [1.29, 1.82) is 0 Å². The number of imide groups is 1. The number of amides is 2. The van der Waals surface area contributed by atoms with Gasteiger partial charge in [-0.3, -0.25) is 19.4 Å². The van der Waals surface area contributed by atoms with E-state index in [1.807, 2.05) is 18.9 Å². The first kappa shape index (κ1) is 27.3. The number of carbonyl (C=O) groups is 2. The molecule has 3 aliphatic rings. The SMILES string of the molecule is CC(C)C.CC1=NN=C(c2ccc(CN(C)CN3C(=O)CC(C)C3=O)cc2)C2CCCCCCC12. The zero-order valence-electron chi connectivity index (χ0n) is 22.6. The third-order valence-corrected chi connectivity index (χ3v) is 7.02. The van der Waals surface area contributed by atoms with Gasteiger partial charge in [-0.05, 0) is 43.9 Å². The summed E-state index contributed by atoms with van der Waals surface area (Å²) in [7, 11) is 1.94. The van der Waals surface area contributed by atoms with Gasteiger partial charge < -0.3 is 0 Å². The Morgan fingerprint density at radius 1 is 0.971 bits per heavy atom. The number of likely N-dealkylation sites (tertiary alicyclic amines) is 1. The normalized spacial score (nSPS) is 24.9. The van der Waals surface area contributed by atoms with Crippen LogP contribution >= 0.6 is 0 Å². The van der Waals surface area contributed by atoms with Crippen LogP contribution in [0.5, 0.6) is 0 Å². The molecule has 0 N–H and O–H groups in total. The number of fused-ring (bicyclic) bond motifs is 1. The minimum absolute atomic E-state index is 0.0629. The van der Waals surface area contributed by atoms with Gasteiger partial charge in [0.05, 0.1) is 12.4 Å². The molecule has 1 aromatic carbocycles. The molecule has 0 spiro atoms. The quantitative estimate of drug-likeness (QED) is 0.493. The standard InChI is InChI=1S/C25H34N4O2.C4H10/c1-17-14-23(30)29(25(17)31)16-28(3)15-19-10-12-20(13-11-19)24-22-9-7-5-4-6-8-21(22)18(2)26-27-24;1-4(2)3/h10-13,17,21-22H,4-9,14-16H2,1-3H3;4H,1-3H3. The van der Waals surface area contributed by atoms with Crippen LogP contribution in [0.3, 0.4) is 0 Å². The fraction of sp³-hybridized carbons (Fsp3) is 0.655. The van der Waals surface area contributed by atoms with Gasteiger partial charge in [0.25, 0.3) is 0 Å². The zero-order chi connectivity index (χ0) is 25.5. The highest BCUT2D eigenvalue weighted by Crippen LogP contribution is 2.34. The molecule has 3 atom stereocenters. The van der Waals surface area contributed by atoms with Gasteiger partial charge in [0.2, 0.25) is 11.8 Å². The lowest BCUT2D eigenvalue weighted by molar-refractivity contribution is -0.141. The van der Waals surface area contributed by atoms with Crippen LogP contribution in [0.25, 0.3) is 0 Å². The van der Waals surface area contributed by atoms with Crippen LogP contribution in [0, 0.1) is 23.7 Å². The van der Waals surface area contributed by atoms with Crippen LogP contribution in [0.2, 0.25) is 0 Å². The Labute approximate surface area is 211 Å². The van der Waals surface area contributed by atoms with Gasteiger partial charge >= 0.3 is 0 Å². The number of rotatable bonds is 5. The molecule has 6 heteroatoms. The number of hydrogen-bond acceptors (Lipinski definition) is 5. The maximum Gasteiger partial charge on any atom is 0.233 e. The van der Waals surface area contributed by atoms with Crippen molar-refractivity contribution in [3.05, 3.63) is 35.4 Å². The molecule has 4 rings (SSSR count). The van der Waals surface area contributed by atoms with Crippen LogP contribution in [-0.2, 0) is 16.1 Å². The summed E-state index contributed by atoms with van der Waals surface area (Å²) in [6.07, 6.45) is 7.94. The average Bonchev–Trinajstić information content (AvgIpc) is 3.01. The minimum Gasteiger partial charge on any atom is -0.284 e. The average molecular weight is 481 g/mol. The van der Waals surface area contributed by atoms with Crippen molar-refractivity contribution >= 4 is 23.2 Å². The smallest absolute Gasteiger partial charge is 0.233 e. The van der Waals surface area contributed by atoms with Crippen molar-refractivity contribution in [1.82, 2.24) is 9.80 Å². The zero-order valence-corrected chi connectivity index (χ0v) is 22.6. The highest BCUT2D eigenvalue weighted by atomic mass is 16.2. The summed E-state index contributed by atoms with van der Waals surface area (Å²) in [5.41, 5.74) is 4.65. The van der Waals surface area contributed by atoms with Gasteiger partial charge in [0, 0.05) is 36.4 Å². The Kier molecular flexibility index (Phi) is 9.79. The molecule has 0 bridgehead atoms. The molecule has 0 radical (unpaired) electrons. The topological polar surface area (TPSA) is 65.3 Å². The van der Waals surface area contributed by atoms with Crippen molar-refractivity contribution in [2.75, 3.05) is 13.7 Å². The van der Waals surface area contributed by atoms with E-state index in [4.69, 9.17) is 0 Å². The third-order valence-electron chi connectivity index (χ3n) is 7.02. The lowest BCUT2D eigenvalue weighted by Gasteiger charge is -2.32. The summed E-state index contributed by atoms with van der Waals surface area (Å²) in [5.74, 6) is 1.50. The van der Waals surface area contributed by atoms with Gasteiger partial charge in [-0.1, -0.05) is 77.6 Å². The van der Waals surface area contributed by atoms with E-state index in [1.165, 1.54) is 49.1 Å². The lowest BCUT2D eigenvalue weighted by Crippen LogP contribution is -2.39. The molecular formula is C29H44N4O2. The number of carbonyl (C=O) groups excluding carboxylic acids is 2. The summed E-state index contributed by atoms with van der Waals surface area (Å²) in [5, 5.41) is 9.15. The van der Waals surface area contributed by atoms with Crippen molar-refractivity contribution in [3.63, 3.8) is 0 Å². The molecule has 1 saturated heterocycles. The molecule has 35 heavy (non-hydrogen) atoms. The monoisotopic (exact) mass is 480 g/mol. The summed E-state index contributed by atoms with van der Waals surface area (Å²) in [4.78, 5) is 27.6. The second-order valence-electron chi connectivity index (χ2n) is 11.3. The first-order valence-corrected chi connectivity index (χ1v) is 13.4. The van der Waals surface area contributed by atoms with Gasteiger partial charge in [0.15, 0.2) is 0 Å². The summed E-state index contributed by atoms with van der Waals surface area (Å²) >= 11 is 0. The molecule has 2 amide bonds. The van der Waals surface area contributed by atoms with Gasteiger partial charge in [-0.2, -0.15) is 10.2 Å². The predicted octanol–water partition coefficient (Wildman–Crippen LogP) is 5.90. The van der Waals surface area contributed by atoms with Crippen molar-refractivity contribution < 1.29 is 9.59 Å². The van der Waals surface area contributed by atoms with Crippen molar-refractivity contribution in [2.45, 2.75) is 86.1 Å². The summed E-state index contributed by atoms with van der Waals surface area (Å²) in [6.45, 7) is 11.5. The van der Waals surface area contributed by atoms with Crippen molar-refractivity contribution in [3.8, 4) is 0 Å². The molecule has 2 heterocycles. The third kappa shape index (κ3) is 7.33. The minimum atomic E-state index is -0.195. The largest absolute Gasteiger partial charge is 0.284 e. The fourth-order valence-electron chi connectivity index (χ4n) is 5.25.